The fourth-order valence-corrected chi connectivity index (χ4v) is 2.25. The van der Waals surface area contributed by atoms with Crippen LogP contribution in [0.4, 0.5) is 11.4 Å². The van der Waals surface area contributed by atoms with Crippen LogP contribution in [0.25, 0.3) is 0 Å². The molecule has 0 amide bonds. The number of hydrogen-bond donors (Lipinski definition) is 2. The molecule has 2 unspecified atom stereocenters. The van der Waals surface area contributed by atoms with Crippen LogP contribution in [-0.2, 0) is 11.3 Å². The van der Waals surface area contributed by atoms with E-state index in [0.29, 0.717) is 23.7 Å². The number of anilines is 2. The van der Waals surface area contributed by atoms with Crippen LogP contribution in [-0.4, -0.2) is 34.9 Å². The summed E-state index contributed by atoms with van der Waals surface area (Å²) in [6, 6.07) is 4.99. The molecular weight excluding hydrogens is 268 g/mol. The fraction of sp³-hybridized carbons (Fsp3) is 0.364. The van der Waals surface area contributed by atoms with Crippen molar-refractivity contribution in [2.75, 3.05) is 23.3 Å². The number of nitrogens with zero attached hydrogens (tertiary/aromatic N) is 2. The number of hydrogen-bond acceptors (Lipinski definition) is 6. The lowest BCUT2D eigenvalue weighted by molar-refractivity contribution is 0.412. The van der Waals surface area contributed by atoms with Gasteiger partial charge in [0.2, 0.25) is 0 Å². The van der Waals surface area contributed by atoms with Gasteiger partial charge in [-0.05, 0) is 18.2 Å². The van der Waals surface area contributed by atoms with Gasteiger partial charge in [-0.1, -0.05) is 0 Å². The first-order chi connectivity index (χ1) is 9.11. The predicted molar refractivity (Wildman–Crippen MR) is 74.0 cm³/mol. The van der Waals surface area contributed by atoms with Crippen LogP contribution in [0.1, 0.15) is 6.42 Å². The molecule has 3 N–H and O–H groups in total. The van der Waals surface area contributed by atoms with E-state index < -0.39 is 17.6 Å². The molecule has 1 aromatic rings. The number of methoxy groups -OCH3 is 1. The minimum absolute atomic E-state index is 0.450. The molecule has 19 heavy (non-hydrogen) atoms. The summed E-state index contributed by atoms with van der Waals surface area (Å²) in [4.78, 5) is 5.99. The lowest BCUT2D eigenvalue weighted by atomic mass is 10.2. The highest BCUT2D eigenvalue weighted by atomic mass is 32.2. The predicted octanol–water partition coefficient (Wildman–Crippen LogP) is 0.424. The standard InChI is InChI=1S/C11H16N4O3S/c1-18-10-4-3-8(14-19(16)17)7-9(10)15-6-2-5-13-11(15)12/h3-5,7,11,14H,2,6,12H2,1H3,(H,16,17)/p-1. The maximum atomic E-state index is 10.7. The highest BCUT2D eigenvalue weighted by Gasteiger charge is 2.20. The number of nitrogens with two attached hydrogens (primary N) is 1. The number of nitrogens with one attached hydrogen (secondary N) is 1. The topological polar surface area (TPSA) is 103 Å². The van der Waals surface area contributed by atoms with Gasteiger partial charge >= 0.3 is 0 Å². The normalized spacial score (nSPS) is 20.2. The molecule has 0 fully saturated rings. The van der Waals surface area contributed by atoms with Gasteiger partial charge in [-0.3, -0.25) is 14.9 Å². The van der Waals surface area contributed by atoms with Crippen molar-refractivity contribution >= 4 is 28.9 Å². The molecular formula is C11H15N4O3S-. The van der Waals surface area contributed by atoms with Crippen LogP contribution >= 0.6 is 0 Å². The number of aliphatic imine (C=N–C) groups is 1. The van der Waals surface area contributed by atoms with E-state index in [1.54, 1.807) is 31.5 Å². The minimum Gasteiger partial charge on any atom is -0.755 e. The lowest BCUT2D eigenvalue weighted by Gasteiger charge is -2.32. The average Bonchev–Trinajstić information content (AvgIpc) is 2.38. The van der Waals surface area contributed by atoms with Crippen LogP contribution < -0.4 is 20.1 Å². The van der Waals surface area contributed by atoms with Gasteiger partial charge in [0.1, 0.15) is 5.75 Å². The maximum Gasteiger partial charge on any atom is 0.173 e. The zero-order valence-corrected chi connectivity index (χ0v) is 11.2. The molecule has 0 aliphatic carbocycles. The summed E-state index contributed by atoms with van der Waals surface area (Å²) < 4.78 is 28.9. The molecule has 104 valence electrons. The average molecular weight is 283 g/mol. The second-order valence-electron chi connectivity index (χ2n) is 3.95. The Hall–Kier alpha value is -1.64. The van der Waals surface area contributed by atoms with E-state index in [2.05, 4.69) is 9.71 Å². The summed E-state index contributed by atoms with van der Waals surface area (Å²) in [5, 5.41) is 0. The smallest absolute Gasteiger partial charge is 0.173 e. The third kappa shape index (κ3) is 3.22. The molecule has 0 saturated heterocycles. The van der Waals surface area contributed by atoms with Crippen molar-refractivity contribution in [1.29, 1.82) is 0 Å². The largest absolute Gasteiger partial charge is 0.755 e. The number of rotatable bonds is 4. The summed E-state index contributed by atoms with van der Waals surface area (Å²) in [7, 11) is 1.55. The van der Waals surface area contributed by atoms with E-state index in [1.165, 1.54) is 0 Å². The Bertz CT molecular complexity index is 509. The summed E-state index contributed by atoms with van der Waals surface area (Å²) in [5.74, 6) is 0.620. The number of ether oxygens (including phenoxy) is 1. The first-order valence-corrected chi connectivity index (χ1v) is 6.77. The van der Waals surface area contributed by atoms with Crippen molar-refractivity contribution in [3.63, 3.8) is 0 Å². The van der Waals surface area contributed by atoms with Crippen molar-refractivity contribution < 1.29 is 13.5 Å². The molecule has 0 bridgehead atoms. The van der Waals surface area contributed by atoms with E-state index in [0.717, 1.165) is 6.42 Å². The molecule has 8 heteroatoms. The van der Waals surface area contributed by atoms with Crippen molar-refractivity contribution in [2.24, 2.45) is 10.7 Å². The SMILES string of the molecule is COc1ccc(NS(=O)[O-])cc1N1CCC=NC1N. The van der Waals surface area contributed by atoms with Gasteiger partial charge in [0.15, 0.2) is 6.29 Å². The van der Waals surface area contributed by atoms with Gasteiger partial charge in [0.25, 0.3) is 0 Å². The van der Waals surface area contributed by atoms with Crippen molar-refractivity contribution in [3.05, 3.63) is 18.2 Å². The Labute approximate surface area is 113 Å². The Balaban J connectivity index is 2.35. The zero-order valence-electron chi connectivity index (χ0n) is 10.4. The third-order valence-electron chi connectivity index (χ3n) is 2.77. The highest BCUT2D eigenvalue weighted by molar-refractivity contribution is 7.80. The Morgan fingerprint density at radius 2 is 2.42 bits per heavy atom. The second kappa shape index (κ2) is 6.00. The molecule has 0 saturated carbocycles. The molecule has 0 aromatic heterocycles. The third-order valence-corrected chi connectivity index (χ3v) is 3.17. The van der Waals surface area contributed by atoms with E-state index in [-0.39, 0.29) is 0 Å². The van der Waals surface area contributed by atoms with Gasteiger partial charge < -0.3 is 18.9 Å². The molecule has 1 aliphatic rings. The van der Waals surface area contributed by atoms with Crippen molar-refractivity contribution in [3.8, 4) is 5.75 Å². The zero-order chi connectivity index (χ0) is 13.8. The summed E-state index contributed by atoms with van der Waals surface area (Å²) in [6.45, 7) is 0.699. The molecule has 1 aromatic carbocycles. The van der Waals surface area contributed by atoms with Crippen LogP contribution in [0.15, 0.2) is 23.2 Å². The van der Waals surface area contributed by atoms with Crippen LogP contribution in [0.2, 0.25) is 0 Å². The summed E-state index contributed by atoms with van der Waals surface area (Å²) >= 11 is -2.37. The lowest BCUT2D eigenvalue weighted by Crippen LogP contribution is -2.44. The number of benzene rings is 1. The van der Waals surface area contributed by atoms with Gasteiger partial charge in [0.05, 0.1) is 12.8 Å². The van der Waals surface area contributed by atoms with Gasteiger partial charge in [-0.15, -0.1) is 0 Å². The molecule has 2 atom stereocenters. The summed E-state index contributed by atoms with van der Waals surface area (Å²) in [6.07, 6.45) is 2.07. The molecule has 2 rings (SSSR count). The van der Waals surface area contributed by atoms with Crippen molar-refractivity contribution in [2.45, 2.75) is 12.7 Å². The van der Waals surface area contributed by atoms with E-state index in [9.17, 15) is 8.76 Å². The van der Waals surface area contributed by atoms with Crippen molar-refractivity contribution in [1.82, 2.24) is 0 Å². The Morgan fingerprint density at radius 1 is 1.63 bits per heavy atom. The van der Waals surface area contributed by atoms with Gasteiger partial charge in [0, 0.05) is 36.1 Å². The van der Waals surface area contributed by atoms with Gasteiger partial charge in [-0.2, -0.15) is 0 Å². The molecule has 1 aliphatic heterocycles. The highest BCUT2D eigenvalue weighted by Crippen LogP contribution is 2.33. The van der Waals surface area contributed by atoms with Crippen LogP contribution in [0, 0.1) is 0 Å². The minimum atomic E-state index is -2.37. The molecule has 1 heterocycles. The van der Waals surface area contributed by atoms with Gasteiger partial charge in [-0.25, -0.2) is 0 Å². The van der Waals surface area contributed by atoms with Crippen LogP contribution in [0.5, 0.6) is 5.75 Å². The van der Waals surface area contributed by atoms with E-state index >= 15 is 0 Å². The Kier molecular flexibility index (Phi) is 4.35. The quantitative estimate of drug-likeness (QED) is 0.780. The molecule has 7 nitrogen and oxygen atoms in total. The maximum absolute atomic E-state index is 10.7. The Morgan fingerprint density at radius 3 is 3.05 bits per heavy atom. The molecule has 0 radical (unpaired) electrons. The first kappa shape index (κ1) is 13.8. The summed E-state index contributed by atoms with van der Waals surface area (Å²) in [5.41, 5.74) is 7.08. The van der Waals surface area contributed by atoms with E-state index in [1.807, 2.05) is 4.90 Å². The van der Waals surface area contributed by atoms with Crippen LogP contribution in [0.3, 0.4) is 0 Å². The monoisotopic (exact) mass is 283 g/mol. The van der Waals surface area contributed by atoms with E-state index in [4.69, 9.17) is 10.5 Å². The molecule has 0 spiro atoms. The second-order valence-corrected chi connectivity index (χ2v) is 4.62. The fourth-order valence-electron chi connectivity index (χ4n) is 1.93. The first-order valence-electron chi connectivity index (χ1n) is 5.69.